The molecule has 2 N–H and O–H groups in total. The van der Waals surface area contributed by atoms with Crippen LogP contribution in [0.3, 0.4) is 0 Å². The SMILES string of the molecule is O=C(c1ccco1)N1CCC2(CC1)NCCc1c2[nH]c2ccccc12. The fraction of sp³-hybridized carbons (Fsp3) is 0.350. The van der Waals surface area contributed by atoms with Crippen LogP contribution in [0.5, 0.6) is 0 Å². The van der Waals surface area contributed by atoms with Crippen LogP contribution in [0.1, 0.15) is 34.7 Å². The van der Waals surface area contributed by atoms with Crippen LogP contribution in [-0.4, -0.2) is 35.4 Å². The fourth-order valence-electron chi connectivity index (χ4n) is 4.46. The highest BCUT2D eigenvalue weighted by Gasteiger charge is 2.42. The number of aromatic nitrogens is 1. The van der Waals surface area contributed by atoms with Gasteiger partial charge in [-0.05, 0) is 43.0 Å². The molecule has 2 aromatic heterocycles. The second-order valence-corrected chi connectivity index (χ2v) is 7.05. The van der Waals surface area contributed by atoms with Gasteiger partial charge in [-0.1, -0.05) is 18.2 Å². The van der Waals surface area contributed by atoms with Crippen LogP contribution in [0.4, 0.5) is 0 Å². The number of hydrogen-bond donors (Lipinski definition) is 2. The highest BCUT2D eigenvalue weighted by Crippen LogP contribution is 2.40. The predicted molar refractivity (Wildman–Crippen MR) is 95.5 cm³/mol. The Morgan fingerprint density at radius 2 is 1.96 bits per heavy atom. The summed E-state index contributed by atoms with van der Waals surface area (Å²) in [5, 5.41) is 5.09. The molecule has 1 spiro atoms. The molecule has 0 aliphatic carbocycles. The number of aromatic amines is 1. The number of hydrogen-bond acceptors (Lipinski definition) is 3. The average Bonchev–Trinajstić information content (AvgIpc) is 3.31. The molecule has 0 atom stereocenters. The van der Waals surface area contributed by atoms with Gasteiger partial charge >= 0.3 is 0 Å². The Balaban J connectivity index is 1.44. The number of nitrogens with one attached hydrogen (secondary N) is 2. The van der Waals surface area contributed by atoms with Gasteiger partial charge in [-0.15, -0.1) is 0 Å². The molecule has 5 rings (SSSR count). The second-order valence-electron chi connectivity index (χ2n) is 7.05. The first-order valence-electron chi connectivity index (χ1n) is 8.95. The number of H-pyrrole nitrogens is 1. The quantitative estimate of drug-likeness (QED) is 0.718. The lowest BCUT2D eigenvalue weighted by Gasteiger charge is -2.44. The molecule has 0 bridgehead atoms. The van der Waals surface area contributed by atoms with Gasteiger partial charge in [0.15, 0.2) is 5.76 Å². The first kappa shape index (κ1) is 14.8. The molecule has 128 valence electrons. The fourth-order valence-corrected chi connectivity index (χ4v) is 4.46. The number of fused-ring (bicyclic) bond motifs is 4. The van der Waals surface area contributed by atoms with E-state index in [1.165, 1.54) is 22.2 Å². The molecule has 1 saturated heterocycles. The highest BCUT2D eigenvalue weighted by atomic mass is 16.3. The van der Waals surface area contributed by atoms with Gasteiger partial charge in [0.2, 0.25) is 0 Å². The van der Waals surface area contributed by atoms with Crippen molar-refractivity contribution in [3.63, 3.8) is 0 Å². The van der Waals surface area contributed by atoms with Gasteiger partial charge in [-0.3, -0.25) is 4.79 Å². The van der Waals surface area contributed by atoms with Crippen molar-refractivity contribution in [3.05, 3.63) is 59.7 Å². The number of rotatable bonds is 1. The monoisotopic (exact) mass is 335 g/mol. The zero-order valence-corrected chi connectivity index (χ0v) is 14.0. The van der Waals surface area contributed by atoms with E-state index in [0.29, 0.717) is 5.76 Å². The topological polar surface area (TPSA) is 61.3 Å². The number of benzene rings is 1. The van der Waals surface area contributed by atoms with Crippen molar-refractivity contribution in [1.82, 2.24) is 15.2 Å². The first-order valence-corrected chi connectivity index (χ1v) is 8.95. The lowest BCUT2D eigenvalue weighted by molar-refractivity contribution is 0.0596. The Bertz CT molecular complexity index is 918. The average molecular weight is 335 g/mol. The summed E-state index contributed by atoms with van der Waals surface area (Å²) in [6.45, 7) is 2.46. The predicted octanol–water partition coefficient (Wildman–Crippen LogP) is 3.04. The van der Waals surface area contributed by atoms with Gasteiger partial charge in [-0.25, -0.2) is 0 Å². The molecule has 0 radical (unpaired) electrons. The van der Waals surface area contributed by atoms with Gasteiger partial charge in [0.25, 0.3) is 5.91 Å². The second kappa shape index (κ2) is 5.49. The molecule has 3 aromatic rings. The summed E-state index contributed by atoms with van der Waals surface area (Å²) in [4.78, 5) is 18.1. The smallest absolute Gasteiger partial charge is 0.289 e. The molecule has 2 aliphatic rings. The largest absolute Gasteiger partial charge is 0.459 e. The zero-order valence-electron chi connectivity index (χ0n) is 14.0. The minimum atomic E-state index is -0.0491. The van der Waals surface area contributed by atoms with E-state index in [0.717, 1.165) is 38.9 Å². The third-order valence-corrected chi connectivity index (χ3v) is 5.77. The van der Waals surface area contributed by atoms with Gasteiger partial charge in [0.05, 0.1) is 11.8 Å². The molecule has 5 heteroatoms. The molecule has 4 heterocycles. The lowest BCUT2D eigenvalue weighted by atomic mass is 9.79. The van der Waals surface area contributed by atoms with E-state index in [9.17, 15) is 4.79 Å². The number of carbonyl (C=O) groups excluding carboxylic acids is 1. The summed E-state index contributed by atoms with van der Waals surface area (Å²) in [5.74, 6) is 0.423. The third-order valence-electron chi connectivity index (χ3n) is 5.77. The van der Waals surface area contributed by atoms with Crippen molar-refractivity contribution < 1.29 is 9.21 Å². The summed E-state index contributed by atoms with van der Waals surface area (Å²) in [6, 6.07) is 12.0. The molecule has 1 fully saturated rings. The zero-order chi connectivity index (χ0) is 16.9. The third kappa shape index (κ3) is 2.23. The first-order chi connectivity index (χ1) is 12.3. The van der Waals surface area contributed by atoms with E-state index >= 15 is 0 Å². The molecule has 5 nitrogen and oxygen atoms in total. The van der Waals surface area contributed by atoms with Crippen molar-refractivity contribution in [2.24, 2.45) is 0 Å². The number of carbonyl (C=O) groups is 1. The Morgan fingerprint density at radius 1 is 1.12 bits per heavy atom. The van der Waals surface area contributed by atoms with Crippen LogP contribution in [0.15, 0.2) is 47.1 Å². The van der Waals surface area contributed by atoms with Crippen molar-refractivity contribution in [1.29, 1.82) is 0 Å². The maximum Gasteiger partial charge on any atom is 0.289 e. The lowest BCUT2D eigenvalue weighted by Crippen LogP contribution is -2.55. The standard InChI is InChI=1S/C20H21N3O2/c24-19(17-6-3-13-25-17)23-11-8-20(9-12-23)18-15(7-10-21-20)14-4-1-2-5-16(14)22-18/h1-6,13,21-22H,7-12H2. The number of amides is 1. The van der Waals surface area contributed by atoms with Crippen LogP contribution in [0.2, 0.25) is 0 Å². The molecule has 1 aromatic carbocycles. The number of para-hydroxylation sites is 1. The Kier molecular flexibility index (Phi) is 3.25. The van der Waals surface area contributed by atoms with E-state index in [1.54, 1.807) is 18.4 Å². The summed E-state index contributed by atoms with van der Waals surface area (Å²) in [5.41, 5.74) is 3.93. The van der Waals surface area contributed by atoms with Gasteiger partial charge in [-0.2, -0.15) is 0 Å². The normalized spacial score (nSPS) is 19.3. The van der Waals surface area contributed by atoms with E-state index in [2.05, 4.69) is 34.6 Å². The molecule has 0 saturated carbocycles. The van der Waals surface area contributed by atoms with E-state index in [4.69, 9.17) is 4.42 Å². The van der Waals surface area contributed by atoms with Crippen LogP contribution in [-0.2, 0) is 12.0 Å². The minimum Gasteiger partial charge on any atom is -0.459 e. The van der Waals surface area contributed by atoms with Gasteiger partial charge in [0.1, 0.15) is 0 Å². The number of nitrogens with zero attached hydrogens (tertiary/aromatic N) is 1. The molecule has 25 heavy (non-hydrogen) atoms. The van der Waals surface area contributed by atoms with Crippen molar-refractivity contribution in [2.45, 2.75) is 24.8 Å². The van der Waals surface area contributed by atoms with Crippen LogP contribution >= 0.6 is 0 Å². The van der Waals surface area contributed by atoms with E-state index < -0.39 is 0 Å². The highest BCUT2D eigenvalue weighted by molar-refractivity contribution is 5.91. The Labute approximate surface area is 146 Å². The van der Waals surface area contributed by atoms with E-state index in [1.807, 2.05) is 4.90 Å². The van der Waals surface area contributed by atoms with Gasteiger partial charge < -0.3 is 19.6 Å². The molecule has 0 unspecified atom stereocenters. The summed E-state index contributed by atoms with van der Waals surface area (Å²) < 4.78 is 5.27. The Morgan fingerprint density at radius 3 is 2.76 bits per heavy atom. The molecular formula is C20H21N3O2. The molecular weight excluding hydrogens is 314 g/mol. The van der Waals surface area contributed by atoms with Gasteiger partial charge in [0, 0.05) is 36.2 Å². The summed E-state index contributed by atoms with van der Waals surface area (Å²) in [6.07, 6.45) is 4.44. The maximum absolute atomic E-state index is 12.5. The molecule has 2 aliphatic heterocycles. The van der Waals surface area contributed by atoms with Crippen molar-refractivity contribution in [2.75, 3.05) is 19.6 Å². The maximum atomic E-state index is 12.5. The number of likely N-dealkylation sites (tertiary alicyclic amines) is 1. The minimum absolute atomic E-state index is 0.00692. The van der Waals surface area contributed by atoms with E-state index in [-0.39, 0.29) is 11.4 Å². The van der Waals surface area contributed by atoms with Crippen LogP contribution < -0.4 is 5.32 Å². The number of piperidine rings is 1. The molecule has 1 amide bonds. The van der Waals surface area contributed by atoms with Crippen LogP contribution in [0.25, 0.3) is 10.9 Å². The summed E-state index contributed by atoms with van der Waals surface area (Å²) in [7, 11) is 0. The van der Waals surface area contributed by atoms with Crippen LogP contribution in [0, 0.1) is 0 Å². The van der Waals surface area contributed by atoms with Crippen molar-refractivity contribution in [3.8, 4) is 0 Å². The Hall–Kier alpha value is -2.53. The summed E-state index contributed by atoms with van der Waals surface area (Å²) >= 11 is 0. The van der Waals surface area contributed by atoms with Crippen molar-refractivity contribution >= 4 is 16.8 Å². The number of furan rings is 1.